The number of thiophene rings is 1. The van der Waals surface area contributed by atoms with Crippen LogP contribution in [0.2, 0.25) is 0 Å². The molecular formula is C10H13BrFNS. The largest absolute Gasteiger partial charge is 0.309 e. The van der Waals surface area contributed by atoms with E-state index in [-0.39, 0.29) is 0 Å². The molecule has 4 heteroatoms. The molecule has 1 N–H and O–H groups in total. The molecule has 0 radical (unpaired) electrons. The molecule has 1 aliphatic rings. The van der Waals surface area contributed by atoms with Crippen LogP contribution in [-0.2, 0) is 6.54 Å². The van der Waals surface area contributed by atoms with Crippen molar-refractivity contribution in [3.05, 3.63) is 20.8 Å². The van der Waals surface area contributed by atoms with Crippen molar-refractivity contribution in [2.24, 2.45) is 0 Å². The minimum atomic E-state index is -0.584. The van der Waals surface area contributed by atoms with Crippen molar-refractivity contribution in [2.45, 2.75) is 38.0 Å². The molecule has 1 aliphatic carbocycles. The summed E-state index contributed by atoms with van der Waals surface area (Å²) in [6, 6.07) is 2.42. The Balaban J connectivity index is 1.80. The summed E-state index contributed by atoms with van der Waals surface area (Å²) in [7, 11) is 0. The second kappa shape index (κ2) is 4.73. The van der Waals surface area contributed by atoms with Gasteiger partial charge in [-0.2, -0.15) is 0 Å². The third-order valence-electron chi connectivity index (χ3n) is 2.61. The lowest BCUT2D eigenvalue weighted by molar-refractivity contribution is 0.333. The van der Waals surface area contributed by atoms with Gasteiger partial charge in [0.05, 0.1) is 0 Å². The van der Waals surface area contributed by atoms with Gasteiger partial charge in [-0.15, -0.1) is 11.3 Å². The lowest BCUT2D eigenvalue weighted by Crippen LogP contribution is -2.25. The molecule has 1 aromatic heterocycles. The number of alkyl halides is 1. The number of hydrogen-bond donors (Lipinski definition) is 1. The van der Waals surface area contributed by atoms with Crippen molar-refractivity contribution < 1.29 is 4.39 Å². The molecule has 1 heterocycles. The van der Waals surface area contributed by atoms with Crippen LogP contribution >= 0.6 is 27.3 Å². The number of rotatable bonds is 3. The highest BCUT2D eigenvalue weighted by molar-refractivity contribution is 9.10. The van der Waals surface area contributed by atoms with E-state index in [4.69, 9.17) is 0 Å². The maximum Gasteiger partial charge on any atom is 0.102 e. The Bertz CT molecular complexity index is 302. The quantitative estimate of drug-likeness (QED) is 0.892. The molecule has 78 valence electrons. The molecule has 1 fully saturated rings. The van der Waals surface area contributed by atoms with Gasteiger partial charge in [0, 0.05) is 21.9 Å². The topological polar surface area (TPSA) is 12.0 Å². The molecule has 14 heavy (non-hydrogen) atoms. The van der Waals surface area contributed by atoms with Crippen LogP contribution in [0.5, 0.6) is 0 Å². The molecule has 1 saturated carbocycles. The summed E-state index contributed by atoms with van der Waals surface area (Å²) in [4.78, 5) is 1.30. The Morgan fingerprint density at radius 3 is 3.00 bits per heavy atom. The van der Waals surface area contributed by atoms with Gasteiger partial charge in [0.15, 0.2) is 0 Å². The molecule has 2 atom stereocenters. The molecule has 1 aromatic rings. The average Bonchev–Trinajstić information content (AvgIpc) is 2.72. The SMILES string of the molecule is FC1CCC(NCc2sccc2Br)C1. The summed E-state index contributed by atoms with van der Waals surface area (Å²) in [5, 5.41) is 5.46. The van der Waals surface area contributed by atoms with Gasteiger partial charge in [-0.1, -0.05) is 0 Å². The first kappa shape index (κ1) is 10.6. The monoisotopic (exact) mass is 277 g/mol. The summed E-state index contributed by atoms with van der Waals surface area (Å²) >= 11 is 5.21. The van der Waals surface area contributed by atoms with Crippen LogP contribution in [-0.4, -0.2) is 12.2 Å². The first-order valence-corrected chi connectivity index (χ1v) is 6.52. The standard InChI is InChI=1S/C10H13BrFNS/c11-9-3-4-14-10(9)6-13-8-2-1-7(12)5-8/h3-4,7-8,13H,1-2,5-6H2. The maximum atomic E-state index is 12.9. The smallest absolute Gasteiger partial charge is 0.102 e. The van der Waals surface area contributed by atoms with E-state index < -0.39 is 6.17 Å². The van der Waals surface area contributed by atoms with Gasteiger partial charge in [-0.3, -0.25) is 0 Å². The Morgan fingerprint density at radius 2 is 2.43 bits per heavy atom. The molecule has 0 spiro atoms. The van der Waals surface area contributed by atoms with Gasteiger partial charge in [-0.25, -0.2) is 4.39 Å². The van der Waals surface area contributed by atoms with Crippen molar-refractivity contribution in [2.75, 3.05) is 0 Å². The van der Waals surface area contributed by atoms with E-state index in [1.165, 1.54) is 4.88 Å². The Labute approximate surface area is 95.8 Å². The molecule has 0 aromatic carbocycles. The number of nitrogens with one attached hydrogen (secondary N) is 1. The zero-order valence-electron chi connectivity index (χ0n) is 7.80. The van der Waals surface area contributed by atoms with Gasteiger partial charge < -0.3 is 5.32 Å². The first-order chi connectivity index (χ1) is 6.75. The van der Waals surface area contributed by atoms with Crippen LogP contribution in [0.15, 0.2) is 15.9 Å². The zero-order chi connectivity index (χ0) is 9.97. The summed E-state index contributed by atoms with van der Waals surface area (Å²) in [6.07, 6.45) is 1.80. The normalized spacial score (nSPS) is 27.0. The highest BCUT2D eigenvalue weighted by Gasteiger charge is 2.23. The average molecular weight is 278 g/mol. The summed E-state index contributed by atoms with van der Waals surface area (Å²) < 4.78 is 14.0. The van der Waals surface area contributed by atoms with E-state index in [1.54, 1.807) is 11.3 Å². The molecule has 0 bridgehead atoms. The Hall–Kier alpha value is 0.0700. The molecule has 0 amide bonds. The van der Waals surface area contributed by atoms with E-state index in [2.05, 4.69) is 26.6 Å². The predicted molar refractivity (Wildman–Crippen MR) is 61.4 cm³/mol. The fourth-order valence-electron chi connectivity index (χ4n) is 1.80. The van der Waals surface area contributed by atoms with E-state index in [0.717, 1.165) is 23.9 Å². The van der Waals surface area contributed by atoms with Crippen molar-refractivity contribution in [1.29, 1.82) is 0 Å². The third kappa shape index (κ3) is 2.55. The first-order valence-electron chi connectivity index (χ1n) is 4.85. The van der Waals surface area contributed by atoms with Crippen LogP contribution in [0, 0.1) is 0 Å². The van der Waals surface area contributed by atoms with Gasteiger partial charge in [0.25, 0.3) is 0 Å². The van der Waals surface area contributed by atoms with Crippen LogP contribution in [0.25, 0.3) is 0 Å². The maximum absolute atomic E-state index is 12.9. The minimum Gasteiger partial charge on any atom is -0.309 e. The van der Waals surface area contributed by atoms with E-state index in [9.17, 15) is 4.39 Å². The highest BCUT2D eigenvalue weighted by atomic mass is 79.9. The Kier molecular flexibility index (Phi) is 3.57. The molecule has 2 unspecified atom stereocenters. The number of hydrogen-bond acceptors (Lipinski definition) is 2. The van der Waals surface area contributed by atoms with Crippen molar-refractivity contribution in [1.82, 2.24) is 5.32 Å². The van der Waals surface area contributed by atoms with E-state index in [0.29, 0.717) is 12.5 Å². The van der Waals surface area contributed by atoms with Gasteiger partial charge in [0.2, 0.25) is 0 Å². The van der Waals surface area contributed by atoms with Gasteiger partial charge >= 0.3 is 0 Å². The van der Waals surface area contributed by atoms with Crippen molar-refractivity contribution >= 4 is 27.3 Å². The van der Waals surface area contributed by atoms with Crippen molar-refractivity contribution in [3.8, 4) is 0 Å². The minimum absolute atomic E-state index is 0.374. The fraction of sp³-hybridized carbons (Fsp3) is 0.600. The van der Waals surface area contributed by atoms with Crippen molar-refractivity contribution in [3.63, 3.8) is 0 Å². The lowest BCUT2D eigenvalue weighted by Gasteiger charge is -2.10. The van der Waals surface area contributed by atoms with Gasteiger partial charge in [-0.05, 0) is 46.6 Å². The van der Waals surface area contributed by atoms with Crippen LogP contribution in [0.1, 0.15) is 24.1 Å². The van der Waals surface area contributed by atoms with Crippen LogP contribution in [0.4, 0.5) is 4.39 Å². The Morgan fingerprint density at radius 1 is 1.57 bits per heavy atom. The lowest BCUT2D eigenvalue weighted by atomic mass is 10.2. The summed E-state index contributed by atoms with van der Waals surface area (Å²) in [5.41, 5.74) is 0. The predicted octanol–water partition coefficient (Wildman–Crippen LogP) is 3.49. The number of halogens is 2. The van der Waals surface area contributed by atoms with Gasteiger partial charge in [0.1, 0.15) is 6.17 Å². The molecule has 2 rings (SSSR count). The third-order valence-corrected chi connectivity index (χ3v) is 4.54. The van der Waals surface area contributed by atoms with E-state index >= 15 is 0 Å². The molecular weight excluding hydrogens is 265 g/mol. The molecule has 1 nitrogen and oxygen atoms in total. The van der Waals surface area contributed by atoms with E-state index in [1.807, 2.05) is 6.07 Å². The summed E-state index contributed by atoms with van der Waals surface area (Å²) in [5.74, 6) is 0. The molecule has 0 aliphatic heterocycles. The second-order valence-corrected chi connectivity index (χ2v) is 5.53. The second-order valence-electron chi connectivity index (χ2n) is 3.68. The molecule has 0 saturated heterocycles. The highest BCUT2D eigenvalue weighted by Crippen LogP contribution is 2.25. The fourth-order valence-corrected chi connectivity index (χ4v) is 3.24. The summed E-state index contributed by atoms with van der Waals surface area (Å²) in [6.45, 7) is 0.857. The van der Waals surface area contributed by atoms with Crippen LogP contribution in [0.3, 0.4) is 0 Å². The zero-order valence-corrected chi connectivity index (χ0v) is 10.2. The van der Waals surface area contributed by atoms with Crippen LogP contribution < -0.4 is 5.32 Å².